The van der Waals surface area contributed by atoms with E-state index >= 15 is 0 Å². The third-order valence-corrected chi connectivity index (χ3v) is 4.55. The second-order valence-corrected chi connectivity index (χ2v) is 7.34. The predicted molar refractivity (Wildman–Crippen MR) is 71.4 cm³/mol. The summed E-state index contributed by atoms with van der Waals surface area (Å²) in [7, 11) is -3.65. The highest BCUT2D eigenvalue weighted by atomic mass is 35.5. The van der Waals surface area contributed by atoms with Crippen LogP contribution in [-0.4, -0.2) is 36.0 Å². The van der Waals surface area contributed by atoms with Crippen LogP contribution in [0.3, 0.4) is 0 Å². The molecular weight excluding hydrogens is 292 g/mol. The number of benzene rings is 1. The van der Waals surface area contributed by atoms with Gasteiger partial charge in [0.25, 0.3) is 0 Å². The fourth-order valence-electron chi connectivity index (χ4n) is 1.36. The third-order valence-electron chi connectivity index (χ3n) is 2.51. The standard InChI is InChI=1S/C12H15ClO5S/c1-12(2,16)5-6-19(17,18)8-3-4-10(13)9(7-8)11(14)15/h3-4,7,16H,5-6H2,1-2H3,(H,14,15). The van der Waals surface area contributed by atoms with Crippen molar-refractivity contribution in [1.29, 1.82) is 0 Å². The molecule has 0 amide bonds. The number of hydrogen-bond donors (Lipinski definition) is 2. The van der Waals surface area contributed by atoms with E-state index in [-0.39, 0.29) is 27.7 Å². The van der Waals surface area contributed by atoms with Gasteiger partial charge in [-0.25, -0.2) is 13.2 Å². The van der Waals surface area contributed by atoms with Crippen molar-refractivity contribution in [2.45, 2.75) is 30.8 Å². The Kier molecular flexibility index (Phi) is 4.60. The van der Waals surface area contributed by atoms with Crippen molar-refractivity contribution in [3.63, 3.8) is 0 Å². The summed E-state index contributed by atoms with van der Waals surface area (Å²) < 4.78 is 24.0. The first-order chi connectivity index (χ1) is 8.53. The maximum absolute atomic E-state index is 12.0. The Labute approximate surface area is 116 Å². The van der Waals surface area contributed by atoms with Crippen molar-refractivity contribution < 1.29 is 23.4 Å². The zero-order valence-corrected chi connectivity index (χ0v) is 12.1. The van der Waals surface area contributed by atoms with Crippen LogP contribution in [0.4, 0.5) is 0 Å². The van der Waals surface area contributed by atoms with Gasteiger partial charge in [-0.1, -0.05) is 11.6 Å². The Bertz CT molecular complexity index is 587. The van der Waals surface area contributed by atoms with Crippen molar-refractivity contribution in [2.24, 2.45) is 0 Å². The first-order valence-electron chi connectivity index (χ1n) is 5.51. The summed E-state index contributed by atoms with van der Waals surface area (Å²) in [6.07, 6.45) is 0.0559. The number of halogens is 1. The fraction of sp³-hybridized carbons (Fsp3) is 0.417. The summed E-state index contributed by atoms with van der Waals surface area (Å²) in [4.78, 5) is 10.8. The maximum atomic E-state index is 12.0. The molecule has 1 rings (SSSR count). The van der Waals surface area contributed by atoms with Crippen LogP contribution in [0.1, 0.15) is 30.6 Å². The zero-order valence-electron chi connectivity index (χ0n) is 10.6. The molecule has 0 bridgehead atoms. The quantitative estimate of drug-likeness (QED) is 0.867. The predicted octanol–water partition coefficient (Wildman–Crippen LogP) is 1.97. The molecule has 0 radical (unpaired) electrons. The van der Waals surface area contributed by atoms with Gasteiger partial charge in [-0.2, -0.15) is 0 Å². The van der Waals surface area contributed by atoms with Crippen LogP contribution in [-0.2, 0) is 9.84 Å². The summed E-state index contributed by atoms with van der Waals surface area (Å²) >= 11 is 5.68. The van der Waals surface area contributed by atoms with E-state index in [0.717, 1.165) is 6.07 Å². The molecule has 0 aliphatic heterocycles. The Morgan fingerprint density at radius 1 is 1.37 bits per heavy atom. The van der Waals surface area contributed by atoms with Gasteiger partial charge in [-0.15, -0.1) is 0 Å². The second kappa shape index (κ2) is 5.48. The van der Waals surface area contributed by atoms with E-state index in [4.69, 9.17) is 16.7 Å². The van der Waals surface area contributed by atoms with Gasteiger partial charge in [0.05, 0.1) is 26.8 Å². The van der Waals surface area contributed by atoms with Crippen LogP contribution < -0.4 is 0 Å². The molecule has 7 heteroatoms. The second-order valence-electron chi connectivity index (χ2n) is 4.83. The van der Waals surface area contributed by atoms with Gasteiger partial charge in [-0.3, -0.25) is 0 Å². The minimum atomic E-state index is -3.65. The molecule has 0 unspecified atom stereocenters. The smallest absolute Gasteiger partial charge is 0.337 e. The normalized spacial score (nSPS) is 12.4. The molecule has 0 saturated carbocycles. The van der Waals surface area contributed by atoms with E-state index in [1.165, 1.54) is 26.0 Å². The number of rotatable bonds is 5. The highest BCUT2D eigenvalue weighted by Gasteiger charge is 2.22. The molecule has 5 nitrogen and oxygen atoms in total. The van der Waals surface area contributed by atoms with E-state index in [1.807, 2.05) is 0 Å². The maximum Gasteiger partial charge on any atom is 0.337 e. The van der Waals surface area contributed by atoms with Crippen LogP contribution in [0.5, 0.6) is 0 Å². The molecule has 0 fully saturated rings. The number of aliphatic hydroxyl groups is 1. The Morgan fingerprint density at radius 2 is 1.95 bits per heavy atom. The van der Waals surface area contributed by atoms with Gasteiger partial charge in [-0.05, 0) is 38.5 Å². The van der Waals surface area contributed by atoms with Crippen LogP contribution >= 0.6 is 11.6 Å². The molecule has 0 aliphatic rings. The zero-order chi connectivity index (χ0) is 14.8. The molecule has 2 N–H and O–H groups in total. The molecular formula is C12H15ClO5S. The lowest BCUT2D eigenvalue weighted by Crippen LogP contribution is -2.23. The fourth-order valence-corrected chi connectivity index (χ4v) is 3.14. The van der Waals surface area contributed by atoms with Crippen LogP contribution in [0.15, 0.2) is 23.1 Å². The number of carbonyl (C=O) groups is 1. The van der Waals surface area contributed by atoms with E-state index in [1.54, 1.807) is 0 Å². The van der Waals surface area contributed by atoms with Gasteiger partial charge in [0.1, 0.15) is 0 Å². The van der Waals surface area contributed by atoms with Gasteiger partial charge >= 0.3 is 5.97 Å². The number of hydrogen-bond acceptors (Lipinski definition) is 4. The van der Waals surface area contributed by atoms with Crippen LogP contribution in [0.25, 0.3) is 0 Å². The molecule has 0 spiro atoms. The average Bonchev–Trinajstić information content (AvgIpc) is 2.25. The summed E-state index contributed by atoms with van der Waals surface area (Å²) in [5.41, 5.74) is -1.36. The van der Waals surface area contributed by atoms with Gasteiger partial charge in [0, 0.05) is 0 Å². The van der Waals surface area contributed by atoms with E-state index in [2.05, 4.69) is 0 Å². The highest BCUT2D eigenvalue weighted by molar-refractivity contribution is 7.91. The number of carboxylic acids is 1. The Morgan fingerprint density at radius 3 is 2.42 bits per heavy atom. The number of aromatic carboxylic acids is 1. The van der Waals surface area contributed by atoms with Crippen molar-refractivity contribution in [3.05, 3.63) is 28.8 Å². The van der Waals surface area contributed by atoms with Gasteiger partial charge < -0.3 is 10.2 Å². The monoisotopic (exact) mass is 306 g/mol. The lowest BCUT2D eigenvalue weighted by atomic mass is 10.1. The molecule has 0 heterocycles. The van der Waals surface area contributed by atoms with Crippen molar-refractivity contribution in [1.82, 2.24) is 0 Å². The number of sulfone groups is 1. The Balaban J connectivity index is 3.09. The molecule has 19 heavy (non-hydrogen) atoms. The highest BCUT2D eigenvalue weighted by Crippen LogP contribution is 2.22. The topological polar surface area (TPSA) is 91.7 Å². The first kappa shape index (κ1) is 15.9. The summed E-state index contributed by atoms with van der Waals surface area (Å²) in [6.45, 7) is 3.01. The van der Waals surface area contributed by atoms with E-state index in [9.17, 15) is 18.3 Å². The van der Waals surface area contributed by atoms with E-state index < -0.39 is 21.4 Å². The minimum Gasteiger partial charge on any atom is -0.478 e. The van der Waals surface area contributed by atoms with Crippen LogP contribution in [0.2, 0.25) is 5.02 Å². The average molecular weight is 307 g/mol. The third kappa shape index (κ3) is 4.49. The summed E-state index contributed by atoms with van der Waals surface area (Å²) in [6, 6.07) is 3.53. The first-order valence-corrected chi connectivity index (χ1v) is 7.54. The van der Waals surface area contributed by atoms with Crippen molar-refractivity contribution in [2.75, 3.05) is 5.75 Å². The Hall–Kier alpha value is -1.11. The van der Waals surface area contributed by atoms with E-state index in [0.29, 0.717) is 0 Å². The largest absolute Gasteiger partial charge is 0.478 e. The minimum absolute atomic E-state index is 0.0195. The van der Waals surface area contributed by atoms with Crippen molar-refractivity contribution in [3.8, 4) is 0 Å². The van der Waals surface area contributed by atoms with Gasteiger partial charge in [0.15, 0.2) is 9.84 Å². The molecule has 1 aromatic rings. The lowest BCUT2D eigenvalue weighted by Gasteiger charge is -2.16. The summed E-state index contributed by atoms with van der Waals surface area (Å²) in [5.74, 6) is -1.55. The molecule has 0 aliphatic carbocycles. The molecule has 106 valence electrons. The van der Waals surface area contributed by atoms with Crippen LogP contribution in [0, 0.1) is 0 Å². The number of carboxylic acid groups (broad SMARTS) is 1. The molecule has 0 atom stereocenters. The SMILES string of the molecule is CC(C)(O)CCS(=O)(=O)c1ccc(Cl)c(C(=O)O)c1. The van der Waals surface area contributed by atoms with Crippen molar-refractivity contribution >= 4 is 27.4 Å². The lowest BCUT2D eigenvalue weighted by molar-refractivity contribution is 0.0695. The van der Waals surface area contributed by atoms with Gasteiger partial charge in [0.2, 0.25) is 0 Å². The molecule has 1 aromatic carbocycles. The molecule has 0 saturated heterocycles. The molecule has 0 aromatic heterocycles. The summed E-state index contributed by atoms with van der Waals surface area (Å²) in [5, 5.41) is 18.4.